The molecule has 2 aromatic rings. The average molecular weight is 280 g/mol. The number of fused-ring (bicyclic) bond motifs is 1. The van der Waals surface area contributed by atoms with E-state index in [-0.39, 0.29) is 0 Å². The van der Waals surface area contributed by atoms with Crippen molar-refractivity contribution in [1.29, 1.82) is 0 Å². The summed E-state index contributed by atoms with van der Waals surface area (Å²) in [5.74, 6) is 6.25. The fourth-order valence-electron chi connectivity index (χ4n) is 1.78. The topological polar surface area (TPSA) is 50.9 Å². The predicted octanol–water partition coefficient (Wildman–Crippen LogP) is 3.24. The second-order valence-corrected chi connectivity index (χ2v) is 4.64. The zero-order valence-corrected chi connectivity index (χ0v) is 10.7. The molecule has 0 atom stereocenters. The quantitative estimate of drug-likeness (QED) is 0.670. The average Bonchev–Trinajstić information content (AvgIpc) is 2.28. The number of aromatic nitrogens is 1. The number of nitrogens with two attached hydrogens (primary N) is 1. The summed E-state index contributed by atoms with van der Waals surface area (Å²) >= 11 is 3.46. The van der Waals surface area contributed by atoms with Crippen molar-refractivity contribution in [2.75, 3.05) is 5.43 Å². The number of aryl methyl sites for hydroxylation is 1. The highest BCUT2D eigenvalue weighted by atomic mass is 79.9. The van der Waals surface area contributed by atoms with E-state index in [9.17, 15) is 0 Å². The number of rotatable bonds is 3. The van der Waals surface area contributed by atoms with Crippen LogP contribution in [0.3, 0.4) is 0 Å². The van der Waals surface area contributed by atoms with Crippen molar-refractivity contribution in [3.8, 4) is 0 Å². The van der Waals surface area contributed by atoms with Gasteiger partial charge in [-0.1, -0.05) is 29.3 Å². The third-order valence-corrected chi connectivity index (χ3v) is 3.01. The molecule has 0 saturated carbocycles. The van der Waals surface area contributed by atoms with Crippen LogP contribution in [0.15, 0.2) is 28.7 Å². The molecule has 84 valence electrons. The Kier molecular flexibility index (Phi) is 3.41. The number of hydrazine groups is 1. The van der Waals surface area contributed by atoms with Crippen LogP contribution in [-0.4, -0.2) is 4.98 Å². The maximum atomic E-state index is 5.48. The van der Waals surface area contributed by atoms with E-state index in [4.69, 9.17) is 5.84 Å². The normalized spacial score (nSPS) is 10.7. The van der Waals surface area contributed by atoms with Crippen LogP contribution < -0.4 is 11.3 Å². The Hall–Kier alpha value is -1.13. The summed E-state index contributed by atoms with van der Waals surface area (Å²) in [5, 5.41) is 1.14. The summed E-state index contributed by atoms with van der Waals surface area (Å²) < 4.78 is 1.07. The van der Waals surface area contributed by atoms with Crippen molar-refractivity contribution < 1.29 is 0 Å². The van der Waals surface area contributed by atoms with Crippen LogP contribution in [0.1, 0.15) is 18.9 Å². The van der Waals surface area contributed by atoms with Crippen molar-refractivity contribution in [2.45, 2.75) is 19.8 Å². The number of nitrogens with one attached hydrogen (secondary N) is 1. The minimum Gasteiger partial charge on any atom is -0.308 e. The zero-order chi connectivity index (χ0) is 11.5. The number of anilines is 1. The van der Waals surface area contributed by atoms with E-state index in [1.54, 1.807) is 0 Å². The van der Waals surface area contributed by atoms with E-state index in [1.807, 2.05) is 12.1 Å². The smallest absolute Gasteiger partial charge is 0.143 e. The molecular weight excluding hydrogens is 266 g/mol. The highest BCUT2D eigenvalue weighted by molar-refractivity contribution is 9.10. The number of nitrogen functional groups attached to an aromatic ring is 1. The summed E-state index contributed by atoms with van der Waals surface area (Å²) in [5.41, 5.74) is 4.78. The Morgan fingerprint density at radius 2 is 2.19 bits per heavy atom. The number of nitrogens with zero attached hydrogens (tertiary/aromatic N) is 1. The molecule has 0 fully saturated rings. The first-order valence-corrected chi connectivity index (χ1v) is 6.09. The van der Waals surface area contributed by atoms with Crippen molar-refractivity contribution in [3.63, 3.8) is 0 Å². The van der Waals surface area contributed by atoms with E-state index in [2.05, 4.69) is 45.4 Å². The van der Waals surface area contributed by atoms with Gasteiger partial charge in [-0.05, 0) is 36.2 Å². The number of benzene rings is 1. The predicted molar refractivity (Wildman–Crippen MR) is 71.2 cm³/mol. The Labute approximate surface area is 103 Å². The van der Waals surface area contributed by atoms with Crippen molar-refractivity contribution in [3.05, 3.63) is 34.3 Å². The van der Waals surface area contributed by atoms with Crippen LogP contribution in [0.5, 0.6) is 0 Å². The van der Waals surface area contributed by atoms with Gasteiger partial charge in [-0.3, -0.25) is 0 Å². The van der Waals surface area contributed by atoms with Gasteiger partial charge < -0.3 is 5.43 Å². The van der Waals surface area contributed by atoms with E-state index in [0.717, 1.165) is 39.6 Å². The van der Waals surface area contributed by atoms with E-state index in [0.29, 0.717) is 0 Å². The van der Waals surface area contributed by atoms with Gasteiger partial charge in [0.25, 0.3) is 0 Å². The van der Waals surface area contributed by atoms with Crippen LogP contribution in [0.2, 0.25) is 0 Å². The lowest BCUT2D eigenvalue weighted by molar-refractivity contribution is 0.917. The maximum absolute atomic E-state index is 5.48. The Morgan fingerprint density at radius 1 is 1.38 bits per heavy atom. The van der Waals surface area contributed by atoms with Crippen LogP contribution in [-0.2, 0) is 6.42 Å². The van der Waals surface area contributed by atoms with Gasteiger partial charge in [0.2, 0.25) is 0 Å². The molecule has 2 rings (SSSR count). The molecule has 1 heterocycles. The summed E-state index contributed by atoms with van der Waals surface area (Å²) in [6.07, 6.45) is 2.06. The molecule has 1 aromatic heterocycles. The third kappa shape index (κ3) is 2.18. The molecule has 3 nitrogen and oxygen atoms in total. The SMILES string of the molecule is CCCc1cc2cc(Br)ccc2nc1NN. The number of pyridine rings is 1. The summed E-state index contributed by atoms with van der Waals surface area (Å²) in [6, 6.07) is 8.18. The van der Waals surface area contributed by atoms with Crippen molar-refractivity contribution >= 4 is 32.7 Å². The lowest BCUT2D eigenvalue weighted by atomic mass is 10.1. The summed E-state index contributed by atoms with van der Waals surface area (Å²) in [7, 11) is 0. The van der Waals surface area contributed by atoms with Gasteiger partial charge in [0, 0.05) is 9.86 Å². The minimum atomic E-state index is 0.775. The monoisotopic (exact) mass is 279 g/mol. The van der Waals surface area contributed by atoms with Gasteiger partial charge in [-0.15, -0.1) is 0 Å². The van der Waals surface area contributed by atoms with Gasteiger partial charge in [0.15, 0.2) is 0 Å². The first kappa shape index (κ1) is 11.4. The van der Waals surface area contributed by atoms with Crippen LogP contribution in [0.4, 0.5) is 5.82 Å². The van der Waals surface area contributed by atoms with Gasteiger partial charge in [-0.25, -0.2) is 10.8 Å². The van der Waals surface area contributed by atoms with Crippen LogP contribution >= 0.6 is 15.9 Å². The molecule has 4 heteroatoms. The molecule has 0 aliphatic rings. The highest BCUT2D eigenvalue weighted by Gasteiger charge is 2.05. The Balaban J connectivity index is 2.60. The van der Waals surface area contributed by atoms with E-state index in [1.165, 1.54) is 0 Å². The number of hydrogen-bond donors (Lipinski definition) is 2. The highest BCUT2D eigenvalue weighted by Crippen LogP contribution is 2.24. The molecule has 0 bridgehead atoms. The van der Waals surface area contributed by atoms with E-state index >= 15 is 0 Å². The third-order valence-electron chi connectivity index (χ3n) is 2.51. The largest absolute Gasteiger partial charge is 0.308 e. The first-order valence-electron chi connectivity index (χ1n) is 5.30. The summed E-state index contributed by atoms with van der Waals surface area (Å²) in [6.45, 7) is 2.14. The lowest BCUT2D eigenvalue weighted by Crippen LogP contribution is -2.11. The van der Waals surface area contributed by atoms with Crippen molar-refractivity contribution in [2.24, 2.45) is 5.84 Å². The van der Waals surface area contributed by atoms with Gasteiger partial charge in [0.05, 0.1) is 5.52 Å². The summed E-state index contributed by atoms with van der Waals surface area (Å²) in [4.78, 5) is 4.50. The second-order valence-electron chi connectivity index (χ2n) is 3.73. The van der Waals surface area contributed by atoms with Crippen molar-refractivity contribution in [1.82, 2.24) is 4.98 Å². The molecule has 1 aromatic carbocycles. The molecule has 16 heavy (non-hydrogen) atoms. The van der Waals surface area contributed by atoms with Crippen LogP contribution in [0.25, 0.3) is 10.9 Å². The molecular formula is C12H14BrN3. The first-order chi connectivity index (χ1) is 7.74. The second kappa shape index (κ2) is 4.80. The zero-order valence-electron chi connectivity index (χ0n) is 9.13. The Bertz CT molecular complexity index is 511. The van der Waals surface area contributed by atoms with Gasteiger partial charge in [-0.2, -0.15) is 0 Å². The fourth-order valence-corrected chi connectivity index (χ4v) is 2.15. The number of hydrogen-bond acceptors (Lipinski definition) is 3. The maximum Gasteiger partial charge on any atom is 0.143 e. The minimum absolute atomic E-state index is 0.775. The van der Waals surface area contributed by atoms with E-state index < -0.39 is 0 Å². The van der Waals surface area contributed by atoms with Gasteiger partial charge >= 0.3 is 0 Å². The molecule has 3 N–H and O–H groups in total. The standard InChI is InChI=1S/C12H14BrN3/c1-2-3-8-6-9-7-10(13)4-5-11(9)15-12(8)16-14/h4-7H,2-3,14H2,1H3,(H,15,16). The molecule has 0 spiro atoms. The molecule has 0 amide bonds. The molecule has 0 unspecified atom stereocenters. The molecule has 0 aliphatic heterocycles. The molecule has 0 saturated heterocycles. The number of halogens is 1. The van der Waals surface area contributed by atoms with Crippen LogP contribution in [0, 0.1) is 0 Å². The fraction of sp³-hybridized carbons (Fsp3) is 0.250. The van der Waals surface area contributed by atoms with Gasteiger partial charge in [0.1, 0.15) is 5.82 Å². The molecule has 0 radical (unpaired) electrons. The lowest BCUT2D eigenvalue weighted by Gasteiger charge is -2.09. The Morgan fingerprint density at radius 3 is 2.88 bits per heavy atom. The molecule has 0 aliphatic carbocycles.